The molecule has 0 aromatic rings. The Hall–Kier alpha value is -1.94. The van der Waals surface area contributed by atoms with E-state index >= 15 is 0 Å². The third-order valence-electron chi connectivity index (χ3n) is 14.8. The van der Waals surface area contributed by atoms with Crippen molar-refractivity contribution in [3.8, 4) is 0 Å². The number of phosphoric acid groups is 2. The van der Waals surface area contributed by atoms with E-state index < -0.39 is 97.5 Å². The maximum absolute atomic E-state index is 13.0. The van der Waals surface area contributed by atoms with Crippen molar-refractivity contribution in [2.75, 3.05) is 39.6 Å². The van der Waals surface area contributed by atoms with Gasteiger partial charge in [-0.05, 0) is 49.4 Å². The first-order chi connectivity index (χ1) is 40.1. The van der Waals surface area contributed by atoms with Gasteiger partial charge in [0.2, 0.25) is 0 Å². The van der Waals surface area contributed by atoms with Gasteiger partial charge in [-0.3, -0.25) is 37.3 Å². The highest BCUT2D eigenvalue weighted by molar-refractivity contribution is 7.47. The number of ether oxygens (including phenoxy) is 4. The van der Waals surface area contributed by atoms with Gasteiger partial charge in [0.25, 0.3) is 0 Å². The molecule has 17 nitrogen and oxygen atoms in total. The number of carbonyl (C=O) groups is 4. The molecule has 0 radical (unpaired) electrons. The lowest BCUT2D eigenvalue weighted by Gasteiger charge is -2.21. The predicted molar refractivity (Wildman–Crippen MR) is 335 cm³/mol. The molecule has 0 spiro atoms. The van der Waals surface area contributed by atoms with E-state index in [0.29, 0.717) is 31.6 Å². The lowest BCUT2D eigenvalue weighted by molar-refractivity contribution is -0.161. The number of aliphatic hydroxyl groups excluding tert-OH is 1. The molecular formula is C65H126O17P2. The maximum atomic E-state index is 13.0. The molecule has 0 aliphatic rings. The summed E-state index contributed by atoms with van der Waals surface area (Å²) >= 11 is 0. The summed E-state index contributed by atoms with van der Waals surface area (Å²) in [6.45, 7) is 13.9. The lowest BCUT2D eigenvalue weighted by Crippen LogP contribution is -2.30. The zero-order valence-electron chi connectivity index (χ0n) is 54.5. The molecule has 0 bridgehead atoms. The van der Waals surface area contributed by atoms with E-state index in [1.54, 1.807) is 0 Å². The minimum Gasteiger partial charge on any atom is -0.462 e. The molecule has 0 aliphatic carbocycles. The minimum absolute atomic E-state index is 0.103. The maximum Gasteiger partial charge on any atom is 0.472 e. The summed E-state index contributed by atoms with van der Waals surface area (Å²) in [5.41, 5.74) is 0. The van der Waals surface area contributed by atoms with Crippen LogP contribution in [0.2, 0.25) is 0 Å². The smallest absolute Gasteiger partial charge is 0.462 e. The second-order valence-corrected chi connectivity index (χ2v) is 28.3. The number of phosphoric ester groups is 2. The summed E-state index contributed by atoms with van der Waals surface area (Å²) in [6, 6.07) is 0. The first-order valence-electron chi connectivity index (χ1n) is 33.7. The number of carbonyl (C=O) groups excluding carboxylic acids is 4. The molecular weight excluding hydrogens is 1110 g/mol. The van der Waals surface area contributed by atoms with Crippen molar-refractivity contribution in [3.05, 3.63) is 0 Å². The molecule has 5 atom stereocenters. The molecule has 0 aromatic carbocycles. The third kappa shape index (κ3) is 59.0. The van der Waals surface area contributed by atoms with E-state index in [-0.39, 0.29) is 25.7 Å². The SMILES string of the molecule is CC(C)CCCCCCCCCCCCC(=O)OC[C@H](COP(=O)(O)OC[C@@H](O)COP(=O)(O)OC[C@@H](COC(=O)CCCCCCCCC(C)C)OC(=O)CCCCCCCCCCC(C)C)OC(=O)CCCCCCCCCCC(C)C. The van der Waals surface area contributed by atoms with Gasteiger partial charge in [0.15, 0.2) is 12.2 Å². The minimum atomic E-state index is -4.95. The monoisotopic (exact) mass is 1240 g/mol. The Morgan fingerprint density at radius 1 is 0.298 bits per heavy atom. The van der Waals surface area contributed by atoms with Gasteiger partial charge in [0.05, 0.1) is 26.4 Å². The second kappa shape index (κ2) is 55.2. The van der Waals surface area contributed by atoms with Gasteiger partial charge in [0.1, 0.15) is 19.3 Å². The molecule has 19 heteroatoms. The predicted octanol–water partition coefficient (Wildman–Crippen LogP) is 17.8. The van der Waals surface area contributed by atoms with Crippen LogP contribution in [0.25, 0.3) is 0 Å². The molecule has 0 fully saturated rings. The van der Waals surface area contributed by atoms with Crippen LogP contribution >= 0.6 is 15.6 Å². The zero-order valence-corrected chi connectivity index (χ0v) is 56.3. The highest BCUT2D eigenvalue weighted by Crippen LogP contribution is 2.45. The highest BCUT2D eigenvalue weighted by atomic mass is 31.2. The first kappa shape index (κ1) is 82.1. The van der Waals surface area contributed by atoms with Crippen molar-refractivity contribution >= 4 is 39.5 Å². The van der Waals surface area contributed by atoms with E-state index in [1.807, 2.05) is 0 Å². The van der Waals surface area contributed by atoms with Crippen LogP contribution < -0.4 is 0 Å². The summed E-state index contributed by atoms with van der Waals surface area (Å²) < 4.78 is 68.0. The van der Waals surface area contributed by atoms with Crippen molar-refractivity contribution in [3.63, 3.8) is 0 Å². The summed E-state index contributed by atoms with van der Waals surface area (Å²) in [6.07, 6.45) is 35.1. The number of rotatable bonds is 62. The molecule has 2 unspecified atom stereocenters. The summed E-state index contributed by atoms with van der Waals surface area (Å²) in [7, 11) is -9.89. The Labute approximate surface area is 511 Å². The third-order valence-corrected chi connectivity index (χ3v) is 16.7. The van der Waals surface area contributed by atoms with Gasteiger partial charge in [0, 0.05) is 25.7 Å². The summed E-state index contributed by atoms with van der Waals surface area (Å²) in [5, 5.41) is 10.5. The van der Waals surface area contributed by atoms with Gasteiger partial charge < -0.3 is 33.8 Å². The Kier molecular flexibility index (Phi) is 53.9. The second-order valence-electron chi connectivity index (χ2n) is 25.4. The van der Waals surface area contributed by atoms with E-state index in [1.165, 1.54) is 109 Å². The number of hydrogen-bond donors (Lipinski definition) is 3. The first-order valence-corrected chi connectivity index (χ1v) is 36.7. The number of unbranched alkanes of at least 4 members (excludes halogenated alkanes) is 28. The standard InChI is InChI=1S/C65H126O17P2/c1-55(2)41-33-25-17-11-9-10-12-20-29-37-45-62(67)75-51-60(81-64(69)47-39-31-21-15-13-18-26-34-42-56(3)4)53-79-83(71,72)77-49-59(66)50-78-84(73,74)80-54-61(52-76-63(68)46-38-30-24-23-28-36-44-58(7)8)82-65(70)48-40-32-22-16-14-19-27-35-43-57(5)6/h55-61,66H,9-54H2,1-8H3,(H,71,72)(H,73,74)/t59-,60-,61-/m1/s1. The zero-order chi connectivity index (χ0) is 62.5. The lowest BCUT2D eigenvalue weighted by atomic mass is 10.0. The molecule has 0 saturated carbocycles. The van der Waals surface area contributed by atoms with Crippen molar-refractivity contribution in [1.82, 2.24) is 0 Å². The molecule has 3 N–H and O–H groups in total. The van der Waals surface area contributed by atoms with Crippen LogP contribution in [0.15, 0.2) is 0 Å². The largest absolute Gasteiger partial charge is 0.472 e. The summed E-state index contributed by atoms with van der Waals surface area (Å²) in [5.74, 6) is 0.734. The number of esters is 4. The number of aliphatic hydroxyl groups is 1. The topological polar surface area (TPSA) is 237 Å². The van der Waals surface area contributed by atoms with E-state index in [9.17, 15) is 43.2 Å². The molecule has 84 heavy (non-hydrogen) atoms. The fourth-order valence-corrected chi connectivity index (χ4v) is 11.2. The fraction of sp³-hybridized carbons (Fsp3) is 0.938. The Morgan fingerprint density at radius 3 is 0.738 bits per heavy atom. The Morgan fingerprint density at radius 2 is 0.500 bits per heavy atom. The van der Waals surface area contributed by atoms with Crippen molar-refractivity contribution in [2.24, 2.45) is 23.7 Å². The number of hydrogen-bond acceptors (Lipinski definition) is 15. The van der Waals surface area contributed by atoms with Crippen LogP contribution in [0.4, 0.5) is 0 Å². The van der Waals surface area contributed by atoms with Gasteiger partial charge in [-0.25, -0.2) is 9.13 Å². The van der Waals surface area contributed by atoms with Gasteiger partial charge in [-0.2, -0.15) is 0 Å². The van der Waals surface area contributed by atoms with Crippen LogP contribution in [0.1, 0.15) is 312 Å². The molecule has 0 aromatic heterocycles. The van der Waals surface area contributed by atoms with E-state index in [0.717, 1.165) is 114 Å². The normalized spacial score (nSPS) is 14.4. The highest BCUT2D eigenvalue weighted by Gasteiger charge is 2.30. The molecule has 0 amide bonds. The van der Waals surface area contributed by atoms with Crippen LogP contribution in [0, 0.1) is 23.7 Å². The summed E-state index contributed by atoms with van der Waals surface area (Å²) in [4.78, 5) is 72.2. The molecule has 498 valence electrons. The fourth-order valence-electron chi connectivity index (χ4n) is 9.61. The van der Waals surface area contributed by atoms with Crippen LogP contribution in [0.3, 0.4) is 0 Å². The van der Waals surface area contributed by atoms with E-state index in [2.05, 4.69) is 55.4 Å². The average molecular weight is 1240 g/mol. The molecule has 0 aliphatic heterocycles. The molecule has 0 heterocycles. The average Bonchev–Trinajstić information content (AvgIpc) is 3.50. The molecule has 0 saturated heterocycles. The van der Waals surface area contributed by atoms with Gasteiger partial charge >= 0.3 is 39.5 Å². The Bertz CT molecular complexity index is 1680. The van der Waals surface area contributed by atoms with E-state index in [4.69, 9.17) is 37.0 Å². The van der Waals surface area contributed by atoms with Crippen LogP contribution in [0.5, 0.6) is 0 Å². The van der Waals surface area contributed by atoms with Gasteiger partial charge in [-0.15, -0.1) is 0 Å². The van der Waals surface area contributed by atoms with Crippen molar-refractivity contribution in [1.29, 1.82) is 0 Å². The van der Waals surface area contributed by atoms with Crippen LogP contribution in [-0.4, -0.2) is 96.7 Å². The quantitative estimate of drug-likeness (QED) is 0.0222. The Balaban J connectivity index is 5.25. The molecule has 0 rings (SSSR count). The van der Waals surface area contributed by atoms with Crippen LogP contribution in [-0.2, 0) is 65.4 Å². The van der Waals surface area contributed by atoms with Gasteiger partial charge in [-0.1, -0.05) is 261 Å². The van der Waals surface area contributed by atoms with Crippen molar-refractivity contribution < 1.29 is 80.2 Å². The van der Waals surface area contributed by atoms with Crippen molar-refractivity contribution in [2.45, 2.75) is 331 Å².